The SMILES string of the molecule is FC(F)(F)c1cccc2c1Cc1ccccc1S2. The van der Waals surface area contributed by atoms with Crippen LogP contribution in [0.15, 0.2) is 52.3 Å². The molecule has 0 saturated heterocycles. The third kappa shape index (κ3) is 1.90. The molecule has 1 aliphatic rings. The molecule has 2 aromatic rings. The first-order chi connectivity index (χ1) is 8.55. The van der Waals surface area contributed by atoms with E-state index in [1.165, 1.54) is 17.8 Å². The molecule has 0 spiro atoms. The normalized spacial score (nSPS) is 13.9. The van der Waals surface area contributed by atoms with Gasteiger partial charge in [-0.3, -0.25) is 0 Å². The smallest absolute Gasteiger partial charge is 0.166 e. The number of halogens is 3. The Morgan fingerprint density at radius 3 is 2.39 bits per heavy atom. The fourth-order valence-electron chi connectivity index (χ4n) is 2.17. The van der Waals surface area contributed by atoms with Gasteiger partial charge in [-0.2, -0.15) is 13.2 Å². The lowest BCUT2D eigenvalue weighted by molar-refractivity contribution is -0.138. The Hall–Kier alpha value is -1.42. The van der Waals surface area contributed by atoms with Gasteiger partial charge in [0, 0.05) is 16.2 Å². The zero-order chi connectivity index (χ0) is 12.8. The molecule has 0 N–H and O–H groups in total. The number of hydrogen-bond acceptors (Lipinski definition) is 1. The van der Waals surface area contributed by atoms with Crippen LogP contribution in [0.4, 0.5) is 13.2 Å². The summed E-state index contributed by atoms with van der Waals surface area (Å²) in [5.74, 6) is 0. The van der Waals surface area contributed by atoms with Gasteiger partial charge in [-0.05, 0) is 29.3 Å². The lowest BCUT2D eigenvalue weighted by atomic mass is 9.99. The topological polar surface area (TPSA) is 0 Å². The van der Waals surface area contributed by atoms with E-state index in [4.69, 9.17) is 0 Å². The van der Waals surface area contributed by atoms with Crippen molar-refractivity contribution in [2.75, 3.05) is 0 Å². The van der Waals surface area contributed by atoms with Crippen LogP contribution in [0, 0.1) is 0 Å². The van der Waals surface area contributed by atoms with Gasteiger partial charge in [-0.15, -0.1) is 0 Å². The van der Waals surface area contributed by atoms with Crippen LogP contribution < -0.4 is 0 Å². The monoisotopic (exact) mass is 266 g/mol. The van der Waals surface area contributed by atoms with Gasteiger partial charge in [-0.1, -0.05) is 36.0 Å². The highest BCUT2D eigenvalue weighted by molar-refractivity contribution is 7.99. The number of fused-ring (bicyclic) bond motifs is 2. The predicted octanol–water partition coefficient (Wildman–Crippen LogP) is 4.76. The van der Waals surface area contributed by atoms with Gasteiger partial charge in [0.05, 0.1) is 5.56 Å². The second-order valence-corrected chi connectivity index (χ2v) is 5.25. The summed E-state index contributed by atoms with van der Waals surface area (Å²) >= 11 is 1.41. The highest BCUT2D eigenvalue weighted by Gasteiger charge is 2.35. The molecule has 0 amide bonds. The summed E-state index contributed by atoms with van der Waals surface area (Å²) in [6.07, 6.45) is -3.92. The standard InChI is InChI=1S/C14H9F3S/c15-14(16,17)11-5-3-7-13-10(11)8-9-4-1-2-6-12(9)18-13/h1-7H,8H2. The molecule has 0 aromatic heterocycles. The highest BCUT2D eigenvalue weighted by atomic mass is 32.2. The fraction of sp³-hybridized carbons (Fsp3) is 0.143. The Morgan fingerprint density at radius 2 is 1.61 bits per heavy atom. The second kappa shape index (κ2) is 4.05. The quantitative estimate of drug-likeness (QED) is 0.565. The van der Waals surface area contributed by atoms with Crippen molar-refractivity contribution in [3.8, 4) is 0 Å². The maximum Gasteiger partial charge on any atom is 0.416 e. The van der Waals surface area contributed by atoms with Crippen molar-refractivity contribution in [3.63, 3.8) is 0 Å². The molecular weight excluding hydrogens is 257 g/mol. The van der Waals surface area contributed by atoms with Crippen LogP contribution in [0.2, 0.25) is 0 Å². The minimum absolute atomic E-state index is 0.355. The summed E-state index contributed by atoms with van der Waals surface area (Å²) < 4.78 is 38.8. The van der Waals surface area contributed by atoms with Crippen LogP contribution in [0.3, 0.4) is 0 Å². The Bertz CT molecular complexity index is 602. The first-order valence-corrected chi connectivity index (χ1v) is 6.32. The van der Waals surface area contributed by atoms with Crippen LogP contribution >= 0.6 is 11.8 Å². The Labute approximate surface area is 107 Å². The molecule has 0 unspecified atom stereocenters. The van der Waals surface area contributed by atoms with E-state index in [-0.39, 0.29) is 0 Å². The number of rotatable bonds is 0. The van der Waals surface area contributed by atoms with Crippen molar-refractivity contribution in [1.82, 2.24) is 0 Å². The van der Waals surface area contributed by atoms with Gasteiger partial charge >= 0.3 is 6.18 Å². The lowest BCUT2D eigenvalue weighted by Crippen LogP contribution is -2.12. The maximum atomic E-state index is 12.9. The van der Waals surface area contributed by atoms with E-state index in [0.717, 1.165) is 16.5 Å². The minimum atomic E-state index is -4.28. The molecule has 0 nitrogen and oxygen atoms in total. The van der Waals surface area contributed by atoms with Gasteiger partial charge in [-0.25, -0.2) is 0 Å². The zero-order valence-corrected chi connectivity index (χ0v) is 10.1. The summed E-state index contributed by atoms with van der Waals surface area (Å²) in [6, 6.07) is 12.0. The number of hydrogen-bond donors (Lipinski definition) is 0. The van der Waals surface area contributed by atoms with E-state index >= 15 is 0 Å². The third-order valence-corrected chi connectivity index (χ3v) is 4.22. The van der Waals surface area contributed by atoms with E-state index in [2.05, 4.69) is 0 Å². The van der Waals surface area contributed by atoms with Crippen LogP contribution in [-0.2, 0) is 12.6 Å². The van der Waals surface area contributed by atoms with Crippen LogP contribution in [0.5, 0.6) is 0 Å². The van der Waals surface area contributed by atoms with Crippen LogP contribution in [-0.4, -0.2) is 0 Å². The molecule has 0 fully saturated rings. The lowest BCUT2D eigenvalue weighted by Gasteiger charge is -2.22. The average molecular weight is 266 g/mol. The molecule has 0 atom stereocenters. The molecule has 0 saturated carbocycles. The molecule has 18 heavy (non-hydrogen) atoms. The van der Waals surface area contributed by atoms with Gasteiger partial charge < -0.3 is 0 Å². The van der Waals surface area contributed by atoms with Gasteiger partial charge in [0.15, 0.2) is 0 Å². The van der Waals surface area contributed by atoms with Crippen molar-refractivity contribution >= 4 is 11.8 Å². The zero-order valence-electron chi connectivity index (χ0n) is 9.29. The molecule has 4 heteroatoms. The van der Waals surface area contributed by atoms with E-state index in [9.17, 15) is 13.2 Å². The predicted molar refractivity (Wildman–Crippen MR) is 64.8 cm³/mol. The molecule has 92 valence electrons. The first kappa shape index (κ1) is 11.7. The Balaban J connectivity index is 2.14. The molecule has 2 aromatic carbocycles. The van der Waals surface area contributed by atoms with Crippen molar-refractivity contribution < 1.29 is 13.2 Å². The molecule has 3 rings (SSSR count). The Morgan fingerprint density at radius 1 is 0.889 bits per heavy atom. The summed E-state index contributed by atoms with van der Waals surface area (Å²) in [5, 5.41) is 0. The van der Waals surface area contributed by atoms with Gasteiger partial charge in [0.2, 0.25) is 0 Å². The summed E-state index contributed by atoms with van der Waals surface area (Å²) in [7, 11) is 0. The summed E-state index contributed by atoms with van der Waals surface area (Å²) in [5.41, 5.74) is 0.849. The fourth-order valence-corrected chi connectivity index (χ4v) is 3.27. The van der Waals surface area contributed by atoms with Crippen molar-refractivity contribution in [1.29, 1.82) is 0 Å². The molecule has 0 bridgehead atoms. The van der Waals surface area contributed by atoms with Crippen molar-refractivity contribution in [2.45, 2.75) is 22.4 Å². The molecule has 0 aliphatic carbocycles. The van der Waals surface area contributed by atoms with Crippen LogP contribution in [0.25, 0.3) is 0 Å². The molecule has 1 heterocycles. The highest BCUT2D eigenvalue weighted by Crippen LogP contribution is 2.44. The van der Waals surface area contributed by atoms with Gasteiger partial charge in [0.1, 0.15) is 0 Å². The molecule has 1 aliphatic heterocycles. The first-order valence-electron chi connectivity index (χ1n) is 5.50. The number of alkyl halides is 3. The third-order valence-electron chi connectivity index (χ3n) is 3.00. The second-order valence-electron chi connectivity index (χ2n) is 4.17. The minimum Gasteiger partial charge on any atom is -0.166 e. The van der Waals surface area contributed by atoms with E-state index in [0.29, 0.717) is 16.9 Å². The largest absolute Gasteiger partial charge is 0.416 e. The maximum absolute atomic E-state index is 12.9. The summed E-state index contributed by atoms with van der Waals surface area (Å²) in [4.78, 5) is 1.76. The van der Waals surface area contributed by atoms with Crippen LogP contribution in [0.1, 0.15) is 16.7 Å². The number of benzene rings is 2. The molecule has 0 radical (unpaired) electrons. The van der Waals surface area contributed by atoms with E-state index < -0.39 is 11.7 Å². The van der Waals surface area contributed by atoms with Crippen molar-refractivity contribution in [3.05, 3.63) is 59.2 Å². The summed E-state index contributed by atoms with van der Waals surface area (Å²) in [6.45, 7) is 0. The Kier molecular flexibility index (Phi) is 2.63. The van der Waals surface area contributed by atoms with E-state index in [1.54, 1.807) is 6.07 Å². The van der Waals surface area contributed by atoms with Crippen molar-refractivity contribution in [2.24, 2.45) is 0 Å². The van der Waals surface area contributed by atoms with Gasteiger partial charge in [0.25, 0.3) is 0 Å². The molecular formula is C14H9F3S. The van der Waals surface area contributed by atoms with E-state index in [1.807, 2.05) is 24.3 Å². The average Bonchev–Trinajstić information content (AvgIpc) is 2.34.